The van der Waals surface area contributed by atoms with Crippen LogP contribution >= 0.6 is 0 Å². The van der Waals surface area contributed by atoms with Gasteiger partial charge in [0.1, 0.15) is 5.52 Å². The second kappa shape index (κ2) is 2.52. The van der Waals surface area contributed by atoms with Gasteiger partial charge in [0.25, 0.3) is 0 Å². The Labute approximate surface area is 66.4 Å². The third-order valence-electron chi connectivity index (χ3n) is 1.41. The molecular weight excluding hydrogens is 158 g/mol. The fraction of sp³-hybridized carbons (Fsp3) is 0. The van der Waals surface area contributed by atoms with Crippen LogP contribution in [0.2, 0.25) is 0 Å². The Bertz CT molecular complexity index is 456. The summed E-state index contributed by atoms with van der Waals surface area (Å²) in [7, 11) is 0. The van der Waals surface area contributed by atoms with E-state index in [1.807, 2.05) is 0 Å². The van der Waals surface area contributed by atoms with Crippen LogP contribution in [0.4, 0.5) is 5.69 Å². The van der Waals surface area contributed by atoms with Gasteiger partial charge in [-0.05, 0) is 11.6 Å². The zero-order chi connectivity index (χ0) is 8.39. The van der Waals surface area contributed by atoms with Gasteiger partial charge in [-0.2, -0.15) is 0 Å². The van der Waals surface area contributed by atoms with Crippen LogP contribution in [0.25, 0.3) is 21.5 Å². The molecule has 0 saturated carbocycles. The molecule has 6 heteroatoms. The molecule has 2 aromatic rings. The highest BCUT2D eigenvalue weighted by atomic mass is 16.5. The van der Waals surface area contributed by atoms with Crippen LogP contribution in [0.5, 0.6) is 0 Å². The molecule has 0 unspecified atom stereocenters. The molecule has 0 bridgehead atoms. The van der Waals surface area contributed by atoms with E-state index in [1.54, 1.807) is 18.2 Å². The number of aromatic nitrogens is 2. The maximum Gasteiger partial charge on any atom is 0.187 e. The van der Waals surface area contributed by atoms with Gasteiger partial charge in [-0.25, -0.2) is 0 Å². The highest BCUT2D eigenvalue weighted by Crippen LogP contribution is 2.22. The Kier molecular flexibility index (Phi) is 1.39. The van der Waals surface area contributed by atoms with Crippen LogP contribution in [-0.2, 0) is 0 Å². The first kappa shape index (κ1) is 6.63. The normalized spacial score (nSPS) is 9.67. The lowest BCUT2D eigenvalue weighted by atomic mass is 10.3. The van der Waals surface area contributed by atoms with Gasteiger partial charge in [0.15, 0.2) is 5.58 Å². The van der Waals surface area contributed by atoms with Crippen LogP contribution in [0.3, 0.4) is 0 Å². The molecule has 0 radical (unpaired) electrons. The second-order valence-corrected chi connectivity index (χ2v) is 2.09. The first-order chi connectivity index (χ1) is 5.92. The van der Waals surface area contributed by atoms with Crippen molar-refractivity contribution in [2.75, 3.05) is 0 Å². The van der Waals surface area contributed by atoms with E-state index in [0.717, 1.165) is 0 Å². The average molecular weight is 161 g/mol. The van der Waals surface area contributed by atoms with Gasteiger partial charge in [-0.15, -0.1) is 5.10 Å². The summed E-state index contributed by atoms with van der Waals surface area (Å²) in [6.45, 7) is 0. The molecule has 2 rings (SSSR count). The van der Waals surface area contributed by atoms with E-state index in [0.29, 0.717) is 16.8 Å². The molecule has 12 heavy (non-hydrogen) atoms. The van der Waals surface area contributed by atoms with E-state index in [9.17, 15) is 0 Å². The van der Waals surface area contributed by atoms with Gasteiger partial charge < -0.3 is 4.52 Å². The summed E-state index contributed by atoms with van der Waals surface area (Å²) in [5.41, 5.74) is 9.62. The quantitative estimate of drug-likeness (QED) is 0.364. The lowest BCUT2D eigenvalue weighted by Gasteiger charge is -1.87. The number of rotatable bonds is 1. The van der Waals surface area contributed by atoms with E-state index in [2.05, 4.69) is 20.4 Å². The van der Waals surface area contributed by atoms with Crippen molar-refractivity contribution < 1.29 is 4.52 Å². The Hall–Kier alpha value is -2.07. The minimum absolute atomic E-state index is 0.427. The summed E-state index contributed by atoms with van der Waals surface area (Å²) in [6, 6.07) is 5.05. The molecule has 1 aromatic carbocycles. The third-order valence-corrected chi connectivity index (χ3v) is 1.41. The molecule has 0 N–H and O–H groups in total. The van der Waals surface area contributed by atoms with Gasteiger partial charge in [0, 0.05) is 10.2 Å². The van der Waals surface area contributed by atoms with Crippen molar-refractivity contribution in [3.05, 3.63) is 28.6 Å². The number of benzene rings is 1. The van der Waals surface area contributed by atoms with Gasteiger partial charge in [-0.3, -0.25) is 0 Å². The molecule has 0 atom stereocenters. The Morgan fingerprint density at radius 1 is 1.50 bits per heavy atom. The standard InChI is InChI=1S/C6H3N5O/c7-10-8-4-2-1-3-5-6(4)9-11-12-5/h1-3H. The van der Waals surface area contributed by atoms with Gasteiger partial charge in [0.05, 0.1) is 5.69 Å². The number of hydrogen-bond acceptors (Lipinski definition) is 4. The summed E-state index contributed by atoms with van der Waals surface area (Å²) >= 11 is 0. The predicted octanol–water partition coefficient (Wildman–Crippen LogP) is 2.16. The van der Waals surface area contributed by atoms with Crippen molar-refractivity contribution in [1.29, 1.82) is 0 Å². The van der Waals surface area contributed by atoms with Crippen LogP contribution in [-0.4, -0.2) is 10.4 Å². The van der Waals surface area contributed by atoms with Crippen molar-refractivity contribution in [3.8, 4) is 0 Å². The molecule has 0 amide bonds. The van der Waals surface area contributed by atoms with Crippen molar-refractivity contribution in [1.82, 2.24) is 10.4 Å². The zero-order valence-corrected chi connectivity index (χ0v) is 5.88. The topological polar surface area (TPSA) is 87.7 Å². The first-order valence-corrected chi connectivity index (χ1v) is 3.18. The maximum absolute atomic E-state index is 8.20. The van der Waals surface area contributed by atoms with Crippen LogP contribution in [0.1, 0.15) is 0 Å². The van der Waals surface area contributed by atoms with E-state index in [4.69, 9.17) is 10.1 Å². The van der Waals surface area contributed by atoms with Crippen LogP contribution in [0, 0.1) is 0 Å². The highest BCUT2D eigenvalue weighted by Gasteiger charge is 2.02. The predicted molar refractivity (Wildman–Crippen MR) is 40.6 cm³/mol. The van der Waals surface area contributed by atoms with E-state index in [1.165, 1.54) is 0 Å². The molecule has 0 aliphatic rings. The van der Waals surface area contributed by atoms with Crippen molar-refractivity contribution >= 4 is 16.8 Å². The molecular formula is C6H3N5O. The van der Waals surface area contributed by atoms with Crippen LogP contribution < -0.4 is 0 Å². The van der Waals surface area contributed by atoms with E-state index >= 15 is 0 Å². The van der Waals surface area contributed by atoms with Crippen molar-refractivity contribution in [3.63, 3.8) is 0 Å². The molecule has 0 saturated heterocycles. The number of azide groups is 1. The van der Waals surface area contributed by atoms with Crippen molar-refractivity contribution in [2.24, 2.45) is 5.11 Å². The summed E-state index contributed by atoms with van der Waals surface area (Å²) < 4.78 is 4.76. The Balaban J connectivity index is 2.81. The largest absolute Gasteiger partial charge is 0.337 e. The third kappa shape index (κ3) is 0.869. The fourth-order valence-corrected chi connectivity index (χ4v) is 0.919. The zero-order valence-electron chi connectivity index (χ0n) is 5.88. The smallest absolute Gasteiger partial charge is 0.187 e. The molecule has 0 aliphatic carbocycles. The second-order valence-electron chi connectivity index (χ2n) is 2.09. The summed E-state index contributed by atoms with van der Waals surface area (Å²) in [5.74, 6) is 0. The minimum atomic E-state index is 0.427. The Morgan fingerprint density at radius 2 is 2.42 bits per heavy atom. The summed E-state index contributed by atoms with van der Waals surface area (Å²) in [6.07, 6.45) is 0. The van der Waals surface area contributed by atoms with Gasteiger partial charge in [-0.1, -0.05) is 17.2 Å². The van der Waals surface area contributed by atoms with Gasteiger partial charge in [0.2, 0.25) is 0 Å². The molecule has 58 valence electrons. The van der Waals surface area contributed by atoms with Crippen molar-refractivity contribution in [2.45, 2.75) is 0 Å². The van der Waals surface area contributed by atoms with E-state index < -0.39 is 0 Å². The first-order valence-electron chi connectivity index (χ1n) is 3.18. The average Bonchev–Trinajstić information content (AvgIpc) is 2.53. The Morgan fingerprint density at radius 3 is 3.25 bits per heavy atom. The minimum Gasteiger partial charge on any atom is -0.337 e. The number of hydrogen-bond donors (Lipinski definition) is 0. The fourth-order valence-electron chi connectivity index (χ4n) is 0.919. The lowest BCUT2D eigenvalue weighted by molar-refractivity contribution is 0.424. The van der Waals surface area contributed by atoms with Gasteiger partial charge >= 0.3 is 0 Å². The SMILES string of the molecule is [N-]=[N+]=Nc1cccc2onnc12. The van der Waals surface area contributed by atoms with Crippen LogP contribution in [0.15, 0.2) is 27.8 Å². The molecule has 0 spiro atoms. The monoisotopic (exact) mass is 161 g/mol. The molecule has 6 nitrogen and oxygen atoms in total. The summed E-state index contributed by atoms with van der Waals surface area (Å²) in [5, 5.41) is 10.4. The maximum atomic E-state index is 8.20. The lowest BCUT2D eigenvalue weighted by Crippen LogP contribution is -1.68. The molecule has 1 heterocycles. The summed E-state index contributed by atoms with van der Waals surface area (Å²) in [4.78, 5) is 2.65. The number of nitrogens with zero attached hydrogens (tertiary/aromatic N) is 5. The number of fused-ring (bicyclic) bond motifs is 1. The molecule has 0 fully saturated rings. The van der Waals surface area contributed by atoms with E-state index in [-0.39, 0.29) is 0 Å². The molecule has 0 aliphatic heterocycles. The molecule has 1 aromatic heterocycles. The highest BCUT2D eigenvalue weighted by molar-refractivity contribution is 5.83.